The summed E-state index contributed by atoms with van der Waals surface area (Å²) in [6.45, 7) is 0. The number of hydrogen-bond donors (Lipinski definition) is 2. The van der Waals surface area contributed by atoms with Crippen molar-refractivity contribution in [3.05, 3.63) is 89.9 Å². The number of nitrogens with zero attached hydrogens (tertiary/aromatic N) is 2. The minimum atomic E-state index is -1.09. The Morgan fingerprint density at radius 2 is 1.71 bits per heavy atom. The first kappa shape index (κ1) is 17.4. The fourth-order valence-electron chi connectivity index (χ4n) is 2.90. The second kappa shape index (κ2) is 6.96. The first-order valence-electron chi connectivity index (χ1n) is 8.40. The van der Waals surface area contributed by atoms with E-state index in [1.807, 2.05) is 0 Å². The molecular weight excluding hydrogens is 361 g/mol. The van der Waals surface area contributed by atoms with Gasteiger partial charge in [0.25, 0.3) is 5.91 Å². The maximum atomic E-state index is 13.1. The zero-order chi connectivity index (χ0) is 19.7. The second-order valence-corrected chi connectivity index (χ2v) is 6.15. The molecule has 4 aromatic rings. The van der Waals surface area contributed by atoms with Gasteiger partial charge < -0.3 is 10.4 Å². The number of aromatic carboxylic acids is 1. The van der Waals surface area contributed by atoms with Gasteiger partial charge in [-0.15, -0.1) is 0 Å². The Kier molecular flexibility index (Phi) is 4.33. The fourth-order valence-corrected chi connectivity index (χ4v) is 2.90. The third-order valence-electron chi connectivity index (χ3n) is 4.27. The Morgan fingerprint density at radius 1 is 0.964 bits per heavy atom. The highest BCUT2D eigenvalue weighted by Crippen LogP contribution is 2.22. The maximum absolute atomic E-state index is 13.1. The molecule has 3 aromatic carbocycles. The lowest BCUT2D eigenvalue weighted by Gasteiger charge is -2.07. The zero-order valence-electron chi connectivity index (χ0n) is 14.5. The summed E-state index contributed by atoms with van der Waals surface area (Å²) in [5.41, 5.74) is 2.37. The number of rotatable bonds is 4. The van der Waals surface area contributed by atoms with Gasteiger partial charge >= 0.3 is 5.97 Å². The van der Waals surface area contributed by atoms with E-state index < -0.39 is 11.9 Å². The molecule has 1 heterocycles. The van der Waals surface area contributed by atoms with Crippen molar-refractivity contribution in [2.45, 2.75) is 0 Å². The summed E-state index contributed by atoms with van der Waals surface area (Å²) >= 11 is 0. The summed E-state index contributed by atoms with van der Waals surface area (Å²) in [5, 5.41) is 16.9. The monoisotopic (exact) mass is 375 g/mol. The third kappa shape index (κ3) is 3.33. The number of benzene rings is 3. The molecule has 0 aliphatic heterocycles. The van der Waals surface area contributed by atoms with Crippen LogP contribution >= 0.6 is 0 Å². The van der Waals surface area contributed by atoms with Gasteiger partial charge in [-0.1, -0.05) is 6.07 Å². The smallest absolute Gasteiger partial charge is 0.335 e. The van der Waals surface area contributed by atoms with E-state index in [-0.39, 0.29) is 16.9 Å². The van der Waals surface area contributed by atoms with Crippen LogP contribution in [0.2, 0.25) is 0 Å². The molecule has 0 spiro atoms. The summed E-state index contributed by atoms with van der Waals surface area (Å²) in [4.78, 5) is 23.5. The van der Waals surface area contributed by atoms with Crippen molar-refractivity contribution < 1.29 is 19.1 Å². The van der Waals surface area contributed by atoms with Gasteiger partial charge in [0.05, 0.1) is 23.0 Å². The predicted octanol–water partition coefficient (Wildman–Crippen LogP) is 4.12. The first-order valence-corrected chi connectivity index (χ1v) is 8.40. The van der Waals surface area contributed by atoms with Gasteiger partial charge in [0.15, 0.2) is 0 Å². The van der Waals surface area contributed by atoms with Crippen LogP contribution in [0.15, 0.2) is 72.9 Å². The maximum Gasteiger partial charge on any atom is 0.335 e. The van der Waals surface area contributed by atoms with Gasteiger partial charge in [-0.3, -0.25) is 4.79 Å². The summed E-state index contributed by atoms with van der Waals surface area (Å²) < 4.78 is 14.8. The van der Waals surface area contributed by atoms with Crippen LogP contribution in [-0.4, -0.2) is 26.8 Å². The van der Waals surface area contributed by atoms with E-state index in [2.05, 4.69) is 10.4 Å². The topological polar surface area (TPSA) is 84.2 Å². The molecule has 4 rings (SSSR count). The number of carboxylic acid groups (broad SMARTS) is 1. The van der Waals surface area contributed by atoms with Crippen LogP contribution in [0.5, 0.6) is 0 Å². The summed E-state index contributed by atoms with van der Waals surface area (Å²) in [5.74, 6) is -1.82. The third-order valence-corrected chi connectivity index (χ3v) is 4.27. The van der Waals surface area contributed by atoms with Crippen LogP contribution in [0.25, 0.3) is 16.6 Å². The van der Waals surface area contributed by atoms with Crippen molar-refractivity contribution in [3.63, 3.8) is 0 Å². The van der Waals surface area contributed by atoms with Gasteiger partial charge in [0.2, 0.25) is 0 Å². The second-order valence-electron chi connectivity index (χ2n) is 6.15. The summed E-state index contributed by atoms with van der Waals surface area (Å²) in [6.07, 6.45) is 1.65. The molecule has 28 heavy (non-hydrogen) atoms. The number of amides is 1. The van der Waals surface area contributed by atoms with Crippen LogP contribution in [0.4, 0.5) is 10.1 Å². The zero-order valence-corrected chi connectivity index (χ0v) is 14.5. The number of fused-ring (bicyclic) bond motifs is 1. The Morgan fingerprint density at radius 3 is 2.46 bits per heavy atom. The van der Waals surface area contributed by atoms with Crippen molar-refractivity contribution in [1.29, 1.82) is 0 Å². The lowest BCUT2D eigenvalue weighted by Crippen LogP contribution is -2.12. The molecule has 2 N–H and O–H groups in total. The number of nitrogens with one attached hydrogen (secondary N) is 1. The molecule has 0 unspecified atom stereocenters. The molecule has 0 aliphatic rings. The molecule has 0 fully saturated rings. The number of halogens is 1. The molecule has 0 aliphatic carbocycles. The van der Waals surface area contributed by atoms with E-state index in [9.17, 15) is 14.0 Å². The Labute approximate surface area is 158 Å². The molecule has 7 heteroatoms. The summed E-state index contributed by atoms with van der Waals surface area (Å²) in [7, 11) is 0. The van der Waals surface area contributed by atoms with Crippen LogP contribution in [0.3, 0.4) is 0 Å². The van der Waals surface area contributed by atoms with E-state index in [4.69, 9.17) is 5.11 Å². The molecule has 0 atom stereocenters. The highest BCUT2D eigenvalue weighted by Gasteiger charge is 2.11. The van der Waals surface area contributed by atoms with Crippen LogP contribution in [0.1, 0.15) is 20.7 Å². The normalized spacial score (nSPS) is 10.8. The van der Waals surface area contributed by atoms with Gasteiger partial charge in [-0.25, -0.2) is 13.9 Å². The lowest BCUT2D eigenvalue weighted by molar-refractivity contribution is 0.0697. The van der Waals surface area contributed by atoms with Gasteiger partial charge in [0, 0.05) is 16.6 Å². The molecule has 1 amide bonds. The van der Waals surface area contributed by atoms with Crippen LogP contribution in [0, 0.1) is 5.82 Å². The van der Waals surface area contributed by atoms with Crippen LogP contribution < -0.4 is 5.32 Å². The van der Waals surface area contributed by atoms with E-state index in [1.165, 1.54) is 30.3 Å². The standard InChI is InChI=1S/C21H14FN3O3/c22-16-4-7-18(8-5-16)25-19-9-6-17(11-15(19)12-23-25)24-20(26)13-2-1-3-14(10-13)21(27)28/h1-12H,(H,24,26)(H,27,28). The molecule has 138 valence electrons. The number of carbonyl (C=O) groups excluding carboxylic acids is 1. The van der Waals surface area contributed by atoms with Gasteiger partial charge in [0.1, 0.15) is 5.82 Å². The average molecular weight is 375 g/mol. The average Bonchev–Trinajstić information content (AvgIpc) is 3.12. The minimum Gasteiger partial charge on any atom is -0.478 e. The van der Waals surface area contributed by atoms with E-state index >= 15 is 0 Å². The van der Waals surface area contributed by atoms with Crippen molar-refractivity contribution in [1.82, 2.24) is 9.78 Å². The van der Waals surface area contributed by atoms with Crippen molar-refractivity contribution in [2.24, 2.45) is 0 Å². The molecule has 0 saturated heterocycles. The molecule has 6 nitrogen and oxygen atoms in total. The van der Waals surface area contributed by atoms with Crippen LogP contribution in [-0.2, 0) is 0 Å². The Balaban J connectivity index is 1.60. The Hall–Kier alpha value is -4.00. The van der Waals surface area contributed by atoms with E-state index in [1.54, 1.807) is 47.3 Å². The molecule has 0 bridgehead atoms. The minimum absolute atomic E-state index is 0.0451. The molecule has 0 saturated carbocycles. The molecule has 1 aromatic heterocycles. The van der Waals surface area contributed by atoms with Crippen molar-refractivity contribution in [3.8, 4) is 5.69 Å². The lowest BCUT2D eigenvalue weighted by atomic mass is 10.1. The van der Waals surface area contributed by atoms with Gasteiger partial charge in [-0.2, -0.15) is 5.10 Å². The SMILES string of the molecule is O=C(O)c1cccc(C(=O)Nc2ccc3c(cnn3-c3ccc(F)cc3)c2)c1. The largest absolute Gasteiger partial charge is 0.478 e. The number of carboxylic acids is 1. The van der Waals surface area contributed by atoms with Crippen molar-refractivity contribution in [2.75, 3.05) is 5.32 Å². The molecular formula is C21H14FN3O3. The fraction of sp³-hybridized carbons (Fsp3) is 0. The quantitative estimate of drug-likeness (QED) is 0.562. The Bertz CT molecular complexity index is 1200. The number of hydrogen-bond acceptors (Lipinski definition) is 3. The highest BCUT2D eigenvalue weighted by molar-refractivity contribution is 6.06. The molecule has 0 radical (unpaired) electrons. The first-order chi connectivity index (χ1) is 13.5. The number of carbonyl (C=O) groups is 2. The number of anilines is 1. The predicted molar refractivity (Wildman–Crippen MR) is 102 cm³/mol. The number of aromatic nitrogens is 2. The highest BCUT2D eigenvalue weighted by atomic mass is 19.1. The van der Waals surface area contributed by atoms with E-state index in [0.717, 1.165) is 16.6 Å². The van der Waals surface area contributed by atoms with E-state index in [0.29, 0.717) is 5.69 Å². The van der Waals surface area contributed by atoms with Gasteiger partial charge in [-0.05, 0) is 60.7 Å². The summed E-state index contributed by atoms with van der Waals surface area (Å²) in [6, 6.07) is 17.1. The van der Waals surface area contributed by atoms with Crippen molar-refractivity contribution >= 4 is 28.5 Å².